The fraction of sp³-hybridized carbons (Fsp3) is 0.333. The molecule has 0 spiro atoms. The van der Waals surface area contributed by atoms with Gasteiger partial charge in [-0.25, -0.2) is 9.97 Å². The Kier molecular flexibility index (Phi) is 6.03. The lowest BCUT2D eigenvalue weighted by Gasteiger charge is -2.18. The number of hydrogen-bond acceptors (Lipinski definition) is 8. The summed E-state index contributed by atoms with van der Waals surface area (Å²) in [6.07, 6.45) is 6.88. The van der Waals surface area contributed by atoms with E-state index in [1.165, 1.54) is 0 Å². The molecule has 0 aliphatic heterocycles. The molecule has 27 heavy (non-hydrogen) atoms. The molecule has 1 amide bonds. The van der Waals surface area contributed by atoms with Crippen LogP contribution in [-0.4, -0.2) is 37.5 Å². The van der Waals surface area contributed by atoms with E-state index in [2.05, 4.69) is 35.7 Å². The number of rotatable bonds is 8. The lowest BCUT2D eigenvalue weighted by Crippen LogP contribution is -2.33. The minimum absolute atomic E-state index is 0.0848. The van der Waals surface area contributed by atoms with Gasteiger partial charge in [-0.3, -0.25) is 9.78 Å². The minimum atomic E-state index is -0.372. The van der Waals surface area contributed by atoms with Crippen molar-refractivity contribution in [2.75, 3.05) is 11.9 Å². The monoisotopic (exact) mass is 367 g/mol. The third-order valence-electron chi connectivity index (χ3n) is 3.81. The summed E-state index contributed by atoms with van der Waals surface area (Å²) >= 11 is 0. The minimum Gasteiger partial charge on any atom is -0.354 e. The standard InChI is InChI=1S/C18H21N7O2/c1-12(2)15(17-24-16(25-27-17)13-5-3-7-19-11-13)23-14(26)6-10-22-18-20-8-4-9-21-18/h3-5,7-9,11-12,15H,6,10H2,1-2H3,(H,23,26)(H,20,21,22). The molecule has 0 aliphatic carbocycles. The second-order valence-electron chi connectivity index (χ2n) is 6.24. The van der Waals surface area contributed by atoms with Gasteiger partial charge in [0.05, 0.1) is 0 Å². The van der Waals surface area contributed by atoms with Gasteiger partial charge in [0.2, 0.25) is 23.6 Å². The number of hydrogen-bond donors (Lipinski definition) is 2. The van der Waals surface area contributed by atoms with Crippen LogP contribution in [0.25, 0.3) is 11.4 Å². The highest BCUT2D eigenvalue weighted by atomic mass is 16.5. The van der Waals surface area contributed by atoms with Crippen LogP contribution in [0, 0.1) is 5.92 Å². The molecule has 0 saturated heterocycles. The molecule has 1 unspecified atom stereocenters. The normalized spacial score (nSPS) is 12.0. The van der Waals surface area contributed by atoms with Gasteiger partial charge in [-0.05, 0) is 24.1 Å². The van der Waals surface area contributed by atoms with Crippen molar-refractivity contribution in [3.05, 3.63) is 48.9 Å². The number of nitrogens with one attached hydrogen (secondary N) is 2. The van der Waals surface area contributed by atoms with Crippen molar-refractivity contribution >= 4 is 11.9 Å². The van der Waals surface area contributed by atoms with Gasteiger partial charge in [-0.1, -0.05) is 19.0 Å². The topological polar surface area (TPSA) is 119 Å². The van der Waals surface area contributed by atoms with Crippen LogP contribution in [0.4, 0.5) is 5.95 Å². The van der Waals surface area contributed by atoms with Crippen molar-refractivity contribution in [2.24, 2.45) is 5.92 Å². The average molecular weight is 367 g/mol. The molecule has 3 rings (SSSR count). The molecule has 2 N–H and O–H groups in total. The predicted molar refractivity (Wildman–Crippen MR) is 98.4 cm³/mol. The van der Waals surface area contributed by atoms with Gasteiger partial charge in [0.15, 0.2) is 0 Å². The van der Waals surface area contributed by atoms with Gasteiger partial charge in [-0.2, -0.15) is 4.98 Å². The van der Waals surface area contributed by atoms with Gasteiger partial charge >= 0.3 is 0 Å². The van der Waals surface area contributed by atoms with Crippen molar-refractivity contribution < 1.29 is 9.32 Å². The quantitative estimate of drug-likeness (QED) is 0.622. The Morgan fingerprint density at radius 1 is 1.19 bits per heavy atom. The second kappa shape index (κ2) is 8.84. The Hall–Kier alpha value is -3.36. The predicted octanol–water partition coefficient (Wildman–Crippen LogP) is 2.24. The molecular formula is C18H21N7O2. The number of anilines is 1. The first kappa shape index (κ1) is 18.4. The van der Waals surface area contributed by atoms with Crippen LogP contribution in [0.2, 0.25) is 0 Å². The summed E-state index contributed by atoms with van der Waals surface area (Å²) < 4.78 is 5.38. The fourth-order valence-corrected chi connectivity index (χ4v) is 2.41. The summed E-state index contributed by atoms with van der Waals surface area (Å²) in [4.78, 5) is 28.9. The molecule has 9 heteroatoms. The number of pyridine rings is 1. The first-order valence-corrected chi connectivity index (χ1v) is 8.67. The van der Waals surface area contributed by atoms with E-state index in [9.17, 15) is 4.79 Å². The highest BCUT2D eigenvalue weighted by Crippen LogP contribution is 2.23. The summed E-state index contributed by atoms with van der Waals surface area (Å²) in [6, 6.07) is 5.01. The summed E-state index contributed by atoms with van der Waals surface area (Å²) in [5.74, 6) is 1.26. The smallest absolute Gasteiger partial charge is 0.249 e. The lowest BCUT2D eigenvalue weighted by atomic mass is 10.0. The molecule has 1 atom stereocenters. The molecule has 3 aromatic heterocycles. The SMILES string of the molecule is CC(C)C(NC(=O)CCNc1ncccn1)c1nc(-c2cccnc2)no1. The van der Waals surface area contributed by atoms with Crippen LogP contribution < -0.4 is 10.6 Å². The maximum Gasteiger partial charge on any atom is 0.249 e. The zero-order valence-corrected chi connectivity index (χ0v) is 15.2. The summed E-state index contributed by atoms with van der Waals surface area (Å²) in [5.41, 5.74) is 0.758. The molecule has 140 valence electrons. The maximum absolute atomic E-state index is 12.3. The van der Waals surface area contributed by atoms with Crippen LogP contribution in [0.5, 0.6) is 0 Å². The van der Waals surface area contributed by atoms with Crippen LogP contribution >= 0.6 is 0 Å². The van der Waals surface area contributed by atoms with E-state index in [1.54, 1.807) is 36.9 Å². The Morgan fingerprint density at radius 2 is 2.00 bits per heavy atom. The van der Waals surface area contributed by atoms with Gasteiger partial charge in [0.1, 0.15) is 6.04 Å². The number of amides is 1. The highest BCUT2D eigenvalue weighted by Gasteiger charge is 2.24. The first-order valence-electron chi connectivity index (χ1n) is 8.67. The molecule has 0 aliphatic rings. The van der Waals surface area contributed by atoms with Crippen molar-refractivity contribution in [3.8, 4) is 11.4 Å². The molecule has 0 aromatic carbocycles. The molecule has 0 bridgehead atoms. The molecule has 3 heterocycles. The van der Waals surface area contributed by atoms with E-state index >= 15 is 0 Å². The first-order chi connectivity index (χ1) is 13.1. The summed E-state index contributed by atoms with van der Waals surface area (Å²) in [5, 5.41) is 9.95. The fourth-order valence-electron chi connectivity index (χ4n) is 2.41. The van der Waals surface area contributed by atoms with Gasteiger partial charge in [-0.15, -0.1) is 0 Å². The van der Waals surface area contributed by atoms with Gasteiger partial charge in [0, 0.05) is 43.3 Å². The van der Waals surface area contributed by atoms with E-state index in [0.29, 0.717) is 24.2 Å². The number of aromatic nitrogens is 5. The molecule has 9 nitrogen and oxygen atoms in total. The maximum atomic E-state index is 12.3. The Labute approximate surface area is 156 Å². The zero-order valence-electron chi connectivity index (χ0n) is 15.2. The zero-order chi connectivity index (χ0) is 19.1. The van der Waals surface area contributed by atoms with Gasteiger partial charge in [0.25, 0.3) is 0 Å². The molecule has 0 fully saturated rings. The van der Waals surface area contributed by atoms with Crippen molar-refractivity contribution in [1.29, 1.82) is 0 Å². The van der Waals surface area contributed by atoms with E-state index in [4.69, 9.17) is 4.52 Å². The summed E-state index contributed by atoms with van der Waals surface area (Å²) in [7, 11) is 0. The Morgan fingerprint density at radius 3 is 2.70 bits per heavy atom. The highest BCUT2D eigenvalue weighted by molar-refractivity contribution is 5.76. The molecular weight excluding hydrogens is 346 g/mol. The molecule has 0 saturated carbocycles. The Balaban J connectivity index is 1.59. The largest absolute Gasteiger partial charge is 0.354 e. The summed E-state index contributed by atoms with van der Waals surface area (Å²) in [6.45, 7) is 4.38. The van der Waals surface area contributed by atoms with Crippen molar-refractivity contribution in [1.82, 2.24) is 30.4 Å². The van der Waals surface area contributed by atoms with Crippen molar-refractivity contribution in [2.45, 2.75) is 26.3 Å². The third-order valence-corrected chi connectivity index (χ3v) is 3.81. The average Bonchev–Trinajstić information content (AvgIpc) is 3.17. The van der Waals surface area contributed by atoms with E-state index < -0.39 is 0 Å². The van der Waals surface area contributed by atoms with E-state index in [-0.39, 0.29) is 24.3 Å². The van der Waals surface area contributed by atoms with Crippen LogP contribution in [0.1, 0.15) is 32.2 Å². The molecule has 0 radical (unpaired) electrons. The van der Waals surface area contributed by atoms with Gasteiger partial charge < -0.3 is 15.2 Å². The lowest BCUT2D eigenvalue weighted by molar-refractivity contribution is -0.122. The number of nitrogens with zero attached hydrogens (tertiary/aromatic N) is 5. The second-order valence-corrected chi connectivity index (χ2v) is 6.24. The Bertz CT molecular complexity index is 852. The number of carbonyl (C=O) groups is 1. The van der Waals surface area contributed by atoms with Crippen LogP contribution in [0.15, 0.2) is 47.5 Å². The number of carbonyl (C=O) groups excluding carboxylic acids is 1. The van der Waals surface area contributed by atoms with Crippen LogP contribution in [0.3, 0.4) is 0 Å². The van der Waals surface area contributed by atoms with Crippen LogP contribution in [-0.2, 0) is 4.79 Å². The van der Waals surface area contributed by atoms with Crippen molar-refractivity contribution in [3.63, 3.8) is 0 Å². The van der Waals surface area contributed by atoms with E-state index in [0.717, 1.165) is 5.56 Å². The third kappa shape index (κ3) is 5.06. The molecule has 3 aromatic rings. The van der Waals surface area contributed by atoms with E-state index in [1.807, 2.05) is 19.9 Å².